The Bertz CT molecular complexity index is 388. The van der Waals surface area contributed by atoms with Crippen molar-refractivity contribution in [3.8, 4) is 0 Å². The van der Waals surface area contributed by atoms with Crippen molar-refractivity contribution >= 4 is 0 Å². The van der Waals surface area contributed by atoms with Crippen LogP contribution in [-0.4, -0.2) is 54.6 Å². The Balaban J connectivity index is 1.97. The van der Waals surface area contributed by atoms with Crippen LogP contribution in [0.15, 0.2) is 30.3 Å². The Kier molecular flexibility index (Phi) is 4.61. The van der Waals surface area contributed by atoms with Gasteiger partial charge in [-0.25, -0.2) is 0 Å². The predicted molar refractivity (Wildman–Crippen MR) is 81.3 cm³/mol. The Hall–Kier alpha value is -0.900. The molecule has 1 heterocycles. The van der Waals surface area contributed by atoms with Gasteiger partial charge in [0.15, 0.2) is 0 Å². The van der Waals surface area contributed by atoms with Gasteiger partial charge in [0.1, 0.15) is 0 Å². The lowest BCUT2D eigenvalue weighted by Crippen LogP contribution is -2.64. The van der Waals surface area contributed by atoms with E-state index in [2.05, 4.69) is 61.0 Å². The first-order valence-corrected chi connectivity index (χ1v) is 7.22. The SMILES string of the molecule is CN1CC(C)(C)N(CCc2ccccc2)CC1CN. The summed E-state index contributed by atoms with van der Waals surface area (Å²) in [6.07, 6.45) is 1.12. The number of hydrogen-bond acceptors (Lipinski definition) is 3. The summed E-state index contributed by atoms with van der Waals surface area (Å²) in [5.74, 6) is 0. The molecule has 0 aromatic heterocycles. The maximum Gasteiger partial charge on any atom is 0.0343 e. The molecule has 1 fully saturated rings. The van der Waals surface area contributed by atoms with E-state index in [1.807, 2.05) is 0 Å². The van der Waals surface area contributed by atoms with Crippen molar-refractivity contribution in [2.45, 2.75) is 31.8 Å². The van der Waals surface area contributed by atoms with Crippen molar-refractivity contribution in [1.82, 2.24) is 9.80 Å². The third-order valence-electron chi connectivity index (χ3n) is 4.33. The number of piperazine rings is 1. The molecule has 0 amide bonds. The van der Waals surface area contributed by atoms with Crippen LogP contribution >= 0.6 is 0 Å². The van der Waals surface area contributed by atoms with Gasteiger partial charge in [-0.3, -0.25) is 9.80 Å². The van der Waals surface area contributed by atoms with E-state index < -0.39 is 0 Å². The van der Waals surface area contributed by atoms with Crippen LogP contribution in [0, 0.1) is 0 Å². The fourth-order valence-corrected chi connectivity index (χ4v) is 3.04. The van der Waals surface area contributed by atoms with Crippen molar-refractivity contribution in [3.63, 3.8) is 0 Å². The van der Waals surface area contributed by atoms with Crippen LogP contribution in [0.3, 0.4) is 0 Å². The number of nitrogens with two attached hydrogens (primary N) is 1. The van der Waals surface area contributed by atoms with Gasteiger partial charge in [0.2, 0.25) is 0 Å². The first-order chi connectivity index (χ1) is 9.03. The van der Waals surface area contributed by atoms with Gasteiger partial charge in [-0.05, 0) is 32.9 Å². The molecule has 2 N–H and O–H groups in total. The molecular formula is C16H27N3. The predicted octanol–water partition coefficient (Wildman–Crippen LogP) is 1.58. The maximum atomic E-state index is 5.88. The molecule has 19 heavy (non-hydrogen) atoms. The molecule has 2 rings (SSSR count). The van der Waals surface area contributed by atoms with Crippen LogP contribution < -0.4 is 5.73 Å². The summed E-state index contributed by atoms with van der Waals surface area (Å²) in [4.78, 5) is 5.00. The molecular weight excluding hydrogens is 234 g/mol. The number of likely N-dealkylation sites (N-methyl/N-ethyl adjacent to an activating group) is 1. The Labute approximate surface area is 117 Å². The number of benzene rings is 1. The van der Waals surface area contributed by atoms with Crippen LogP contribution in [-0.2, 0) is 6.42 Å². The van der Waals surface area contributed by atoms with E-state index in [0.29, 0.717) is 6.04 Å². The van der Waals surface area contributed by atoms with Crippen molar-refractivity contribution in [2.24, 2.45) is 5.73 Å². The molecule has 106 valence electrons. The minimum absolute atomic E-state index is 0.231. The van der Waals surface area contributed by atoms with Crippen molar-refractivity contribution in [3.05, 3.63) is 35.9 Å². The summed E-state index contributed by atoms with van der Waals surface area (Å²) < 4.78 is 0. The van der Waals surface area contributed by atoms with Gasteiger partial charge in [-0.15, -0.1) is 0 Å². The average Bonchev–Trinajstić information content (AvgIpc) is 2.38. The highest BCUT2D eigenvalue weighted by atomic mass is 15.3. The van der Waals surface area contributed by atoms with Gasteiger partial charge in [-0.1, -0.05) is 30.3 Å². The highest BCUT2D eigenvalue weighted by Gasteiger charge is 2.36. The maximum absolute atomic E-state index is 5.88. The molecule has 1 aliphatic heterocycles. The molecule has 0 radical (unpaired) electrons. The van der Waals surface area contributed by atoms with Gasteiger partial charge in [0.05, 0.1) is 0 Å². The summed E-state index contributed by atoms with van der Waals surface area (Å²) in [5, 5.41) is 0. The zero-order valence-electron chi connectivity index (χ0n) is 12.5. The lowest BCUT2D eigenvalue weighted by molar-refractivity contribution is -0.00106. The van der Waals surface area contributed by atoms with Gasteiger partial charge in [0, 0.05) is 37.8 Å². The van der Waals surface area contributed by atoms with E-state index in [1.54, 1.807) is 0 Å². The number of nitrogens with zero attached hydrogens (tertiary/aromatic N) is 2. The highest BCUT2D eigenvalue weighted by Crippen LogP contribution is 2.23. The molecule has 3 nitrogen and oxygen atoms in total. The fourth-order valence-electron chi connectivity index (χ4n) is 3.04. The molecule has 1 saturated heterocycles. The molecule has 1 aromatic carbocycles. The summed E-state index contributed by atoms with van der Waals surface area (Å²) in [7, 11) is 2.19. The normalized spacial score (nSPS) is 24.5. The Morgan fingerprint density at radius 2 is 1.95 bits per heavy atom. The summed E-state index contributed by atoms with van der Waals surface area (Å²) in [6.45, 7) is 8.69. The average molecular weight is 261 g/mol. The molecule has 1 aliphatic rings. The first kappa shape index (κ1) is 14.5. The molecule has 0 saturated carbocycles. The van der Waals surface area contributed by atoms with E-state index in [-0.39, 0.29) is 5.54 Å². The number of hydrogen-bond donors (Lipinski definition) is 1. The second-order valence-electron chi connectivity index (χ2n) is 6.30. The first-order valence-electron chi connectivity index (χ1n) is 7.22. The van der Waals surface area contributed by atoms with Gasteiger partial charge in [-0.2, -0.15) is 0 Å². The van der Waals surface area contributed by atoms with Gasteiger partial charge >= 0.3 is 0 Å². The van der Waals surface area contributed by atoms with Crippen LogP contribution in [0.1, 0.15) is 19.4 Å². The summed E-state index contributed by atoms with van der Waals surface area (Å²) >= 11 is 0. The van der Waals surface area contributed by atoms with Crippen molar-refractivity contribution < 1.29 is 0 Å². The summed E-state index contributed by atoms with van der Waals surface area (Å²) in [5.41, 5.74) is 7.53. The van der Waals surface area contributed by atoms with E-state index in [9.17, 15) is 0 Å². The van der Waals surface area contributed by atoms with Crippen molar-refractivity contribution in [1.29, 1.82) is 0 Å². The standard InChI is InChI=1S/C16H27N3/c1-16(2)13-18(3)15(11-17)12-19(16)10-9-14-7-5-4-6-8-14/h4-8,15H,9-13,17H2,1-3H3. The largest absolute Gasteiger partial charge is 0.329 e. The second-order valence-corrected chi connectivity index (χ2v) is 6.30. The van der Waals surface area contributed by atoms with Gasteiger partial charge < -0.3 is 5.73 Å². The van der Waals surface area contributed by atoms with Crippen LogP contribution in [0.5, 0.6) is 0 Å². The molecule has 1 atom stereocenters. The highest BCUT2D eigenvalue weighted by molar-refractivity contribution is 5.15. The van der Waals surface area contributed by atoms with Crippen LogP contribution in [0.2, 0.25) is 0 Å². The minimum Gasteiger partial charge on any atom is -0.329 e. The van der Waals surface area contributed by atoms with E-state index in [1.165, 1.54) is 5.56 Å². The topological polar surface area (TPSA) is 32.5 Å². The monoisotopic (exact) mass is 261 g/mol. The molecule has 0 bridgehead atoms. The molecule has 0 aliphatic carbocycles. The molecule has 1 aromatic rings. The van der Waals surface area contributed by atoms with Gasteiger partial charge in [0.25, 0.3) is 0 Å². The lowest BCUT2D eigenvalue weighted by Gasteiger charge is -2.50. The van der Waals surface area contributed by atoms with Crippen LogP contribution in [0.4, 0.5) is 0 Å². The second kappa shape index (κ2) is 6.04. The van der Waals surface area contributed by atoms with Crippen LogP contribution in [0.25, 0.3) is 0 Å². The minimum atomic E-state index is 0.231. The third kappa shape index (κ3) is 3.56. The smallest absolute Gasteiger partial charge is 0.0343 e. The fraction of sp³-hybridized carbons (Fsp3) is 0.625. The van der Waals surface area contributed by atoms with E-state index in [0.717, 1.165) is 32.6 Å². The summed E-state index contributed by atoms with van der Waals surface area (Å²) in [6, 6.07) is 11.2. The quantitative estimate of drug-likeness (QED) is 0.893. The van der Waals surface area contributed by atoms with E-state index in [4.69, 9.17) is 5.73 Å². The Morgan fingerprint density at radius 1 is 1.26 bits per heavy atom. The molecule has 1 unspecified atom stereocenters. The Morgan fingerprint density at radius 3 is 2.58 bits per heavy atom. The zero-order valence-corrected chi connectivity index (χ0v) is 12.5. The number of rotatable bonds is 4. The van der Waals surface area contributed by atoms with E-state index >= 15 is 0 Å². The third-order valence-corrected chi connectivity index (χ3v) is 4.33. The molecule has 0 spiro atoms. The van der Waals surface area contributed by atoms with Crippen molar-refractivity contribution in [2.75, 3.05) is 33.2 Å². The lowest BCUT2D eigenvalue weighted by atomic mass is 9.95. The molecule has 3 heteroatoms. The zero-order chi connectivity index (χ0) is 13.9.